The first-order valence-corrected chi connectivity index (χ1v) is 11.2. The zero-order chi connectivity index (χ0) is 21.0. The van der Waals surface area contributed by atoms with Crippen molar-refractivity contribution in [2.75, 3.05) is 15.4 Å². The largest absolute Gasteiger partial charge is 0.323 e. The number of nitrogens with one attached hydrogen (secondary N) is 3. The van der Waals surface area contributed by atoms with E-state index in [1.165, 1.54) is 18.2 Å². The van der Waals surface area contributed by atoms with E-state index in [-0.39, 0.29) is 16.3 Å². The lowest BCUT2D eigenvalue weighted by molar-refractivity contribution is 0.262. The number of anilines is 3. The highest BCUT2D eigenvalue weighted by atomic mass is 79.9. The molecule has 2 amide bonds. The molecule has 0 saturated heterocycles. The molecule has 0 aliphatic rings. The molecule has 150 valence electrons. The quantitative estimate of drug-likeness (QED) is 0.378. The van der Waals surface area contributed by atoms with Gasteiger partial charge in [-0.1, -0.05) is 51.3 Å². The van der Waals surface area contributed by atoms with Crippen LogP contribution in [0.2, 0.25) is 10.0 Å². The Morgan fingerprint density at radius 3 is 2.14 bits per heavy atom. The van der Waals surface area contributed by atoms with Crippen molar-refractivity contribution in [3.63, 3.8) is 0 Å². The molecule has 0 saturated carbocycles. The summed E-state index contributed by atoms with van der Waals surface area (Å²) in [4.78, 5) is 12.4. The third kappa shape index (κ3) is 5.63. The molecule has 3 rings (SSSR count). The van der Waals surface area contributed by atoms with Gasteiger partial charge in [-0.25, -0.2) is 13.2 Å². The number of hydrogen-bond acceptors (Lipinski definition) is 3. The van der Waals surface area contributed by atoms with Crippen molar-refractivity contribution in [2.45, 2.75) is 4.90 Å². The van der Waals surface area contributed by atoms with Crippen molar-refractivity contribution in [1.29, 1.82) is 0 Å². The Morgan fingerprint density at radius 1 is 0.828 bits per heavy atom. The summed E-state index contributed by atoms with van der Waals surface area (Å²) in [6.07, 6.45) is 0. The summed E-state index contributed by atoms with van der Waals surface area (Å²) in [5, 5.41) is 5.89. The SMILES string of the molecule is O=C(Nc1ccc(Cl)c(Cl)c1)Nc1ccccc1NS(=O)(=O)c1ccc(Br)cc1. The van der Waals surface area contributed by atoms with Gasteiger partial charge >= 0.3 is 6.03 Å². The number of urea groups is 1. The minimum Gasteiger partial charge on any atom is -0.308 e. The predicted octanol–water partition coefficient (Wildman–Crippen LogP) is 6.20. The third-order valence-corrected chi connectivity index (χ3v) is 6.37. The molecule has 0 fully saturated rings. The average molecular weight is 515 g/mol. The van der Waals surface area contributed by atoms with Crippen molar-refractivity contribution in [1.82, 2.24) is 0 Å². The van der Waals surface area contributed by atoms with Crippen LogP contribution in [-0.2, 0) is 10.0 Å². The second-order valence-electron chi connectivity index (χ2n) is 5.81. The van der Waals surface area contributed by atoms with Crippen LogP contribution in [0.15, 0.2) is 76.1 Å². The highest BCUT2D eigenvalue weighted by Crippen LogP contribution is 2.27. The Morgan fingerprint density at radius 2 is 1.48 bits per heavy atom. The fourth-order valence-corrected chi connectivity index (χ4v) is 4.00. The fraction of sp³-hybridized carbons (Fsp3) is 0. The van der Waals surface area contributed by atoms with Crippen LogP contribution in [0, 0.1) is 0 Å². The highest BCUT2D eigenvalue weighted by Gasteiger charge is 2.17. The molecule has 29 heavy (non-hydrogen) atoms. The van der Waals surface area contributed by atoms with Crippen molar-refractivity contribution in [2.24, 2.45) is 0 Å². The summed E-state index contributed by atoms with van der Waals surface area (Å²) >= 11 is 15.1. The van der Waals surface area contributed by atoms with E-state index in [1.807, 2.05) is 0 Å². The second-order valence-corrected chi connectivity index (χ2v) is 9.23. The van der Waals surface area contributed by atoms with Crippen LogP contribution in [-0.4, -0.2) is 14.4 Å². The van der Waals surface area contributed by atoms with Gasteiger partial charge in [0.1, 0.15) is 0 Å². The molecule has 0 aliphatic carbocycles. The maximum absolute atomic E-state index is 12.6. The van der Waals surface area contributed by atoms with Crippen molar-refractivity contribution >= 4 is 72.2 Å². The summed E-state index contributed by atoms with van der Waals surface area (Å²) < 4.78 is 28.5. The van der Waals surface area contributed by atoms with E-state index in [0.717, 1.165) is 4.47 Å². The number of rotatable bonds is 5. The molecule has 0 aromatic heterocycles. The van der Waals surface area contributed by atoms with E-state index in [4.69, 9.17) is 23.2 Å². The van der Waals surface area contributed by atoms with Gasteiger partial charge in [0, 0.05) is 10.2 Å². The Balaban J connectivity index is 1.77. The lowest BCUT2D eigenvalue weighted by Gasteiger charge is -2.14. The third-order valence-electron chi connectivity index (χ3n) is 3.72. The summed E-state index contributed by atoms with van der Waals surface area (Å²) in [5.74, 6) is 0. The number of halogens is 3. The van der Waals surface area contributed by atoms with Crippen LogP contribution in [0.25, 0.3) is 0 Å². The predicted molar refractivity (Wildman–Crippen MR) is 120 cm³/mol. The molecule has 0 bridgehead atoms. The van der Waals surface area contributed by atoms with Crippen LogP contribution in [0.5, 0.6) is 0 Å². The standard InChI is InChI=1S/C19H14BrCl2N3O3S/c20-12-5-8-14(9-6-12)29(27,28)25-18-4-2-1-3-17(18)24-19(26)23-13-7-10-15(21)16(22)11-13/h1-11,25H,(H2,23,24,26). The van der Waals surface area contributed by atoms with Crippen LogP contribution >= 0.6 is 39.1 Å². The summed E-state index contributed by atoms with van der Waals surface area (Å²) in [5.41, 5.74) is 0.940. The van der Waals surface area contributed by atoms with E-state index in [9.17, 15) is 13.2 Å². The Labute approximate surface area is 186 Å². The van der Waals surface area contributed by atoms with Gasteiger partial charge in [0.25, 0.3) is 10.0 Å². The zero-order valence-corrected chi connectivity index (χ0v) is 18.5. The number of sulfonamides is 1. The van der Waals surface area contributed by atoms with E-state index in [2.05, 4.69) is 31.3 Å². The van der Waals surface area contributed by atoms with Gasteiger partial charge in [0.05, 0.1) is 26.3 Å². The minimum absolute atomic E-state index is 0.0933. The number of carbonyl (C=O) groups excluding carboxylic acids is 1. The van der Waals surface area contributed by atoms with E-state index in [0.29, 0.717) is 15.7 Å². The highest BCUT2D eigenvalue weighted by molar-refractivity contribution is 9.10. The number of benzene rings is 3. The first-order chi connectivity index (χ1) is 13.7. The van der Waals surface area contributed by atoms with Gasteiger partial charge in [0.2, 0.25) is 0 Å². The maximum Gasteiger partial charge on any atom is 0.323 e. The normalized spacial score (nSPS) is 11.0. The lowest BCUT2D eigenvalue weighted by Crippen LogP contribution is -2.21. The summed E-state index contributed by atoms with van der Waals surface area (Å²) in [6, 6.07) is 16.7. The van der Waals surface area contributed by atoms with Gasteiger partial charge in [-0.3, -0.25) is 4.72 Å². The molecule has 3 aromatic carbocycles. The van der Waals surface area contributed by atoms with Crippen LogP contribution in [0.3, 0.4) is 0 Å². The fourth-order valence-electron chi connectivity index (χ4n) is 2.36. The molecule has 3 N–H and O–H groups in total. The Kier molecular flexibility index (Phi) is 6.69. The Bertz CT molecular complexity index is 1160. The molecule has 6 nitrogen and oxygen atoms in total. The van der Waals surface area contributed by atoms with E-state index in [1.54, 1.807) is 48.5 Å². The smallest absolute Gasteiger partial charge is 0.308 e. The molecular weight excluding hydrogens is 501 g/mol. The van der Waals surface area contributed by atoms with Gasteiger partial charge in [-0.15, -0.1) is 0 Å². The van der Waals surface area contributed by atoms with E-state index >= 15 is 0 Å². The van der Waals surface area contributed by atoms with Gasteiger partial charge in [-0.05, 0) is 54.6 Å². The van der Waals surface area contributed by atoms with Crippen LogP contribution in [0.1, 0.15) is 0 Å². The van der Waals surface area contributed by atoms with E-state index < -0.39 is 16.1 Å². The maximum atomic E-state index is 12.6. The zero-order valence-electron chi connectivity index (χ0n) is 14.6. The van der Waals surface area contributed by atoms with Crippen LogP contribution < -0.4 is 15.4 Å². The van der Waals surface area contributed by atoms with Crippen molar-refractivity contribution < 1.29 is 13.2 Å². The number of hydrogen-bond donors (Lipinski definition) is 3. The van der Waals surface area contributed by atoms with Crippen molar-refractivity contribution in [3.05, 3.63) is 81.2 Å². The number of carbonyl (C=O) groups is 1. The molecule has 0 unspecified atom stereocenters. The molecule has 0 aliphatic heterocycles. The van der Waals surface area contributed by atoms with Crippen LogP contribution in [0.4, 0.5) is 21.9 Å². The van der Waals surface area contributed by atoms with Gasteiger partial charge < -0.3 is 10.6 Å². The first kappa shape index (κ1) is 21.4. The first-order valence-electron chi connectivity index (χ1n) is 8.15. The average Bonchev–Trinajstić information content (AvgIpc) is 2.66. The van der Waals surface area contributed by atoms with Gasteiger partial charge in [0.15, 0.2) is 0 Å². The van der Waals surface area contributed by atoms with Gasteiger partial charge in [-0.2, -0.15) is 0 Å². The lowest BCUT2D eigenvalue weighted by atomic mass is 10.3. The molecule has 0 atom stereocenters. The molecule has 0 radical (unpaired) electrons. The molecule has 3 aromatic rings. The molecule has 10 heteroatoms. The summed E-state index contributed by atoms with van der Waals surface area (Å²) in [6.45, 7) is 0. The Hall–Kier alpha value is -2.26. The number of para-hydroxylation sites is 2. The topological polar surface area (TPSA) is 87.3 Å². The molecular formula is C19H14BrCl2N3O3S. The number of amides is 2. The molecule has 0 spiro atoms. The monoisotopic (exact) mass is 513 g/mol. The molecule has 0 heterocycles. The summed E-state index contributed by atoms with van der Waals surface area (Å²) in [7, 11) is -3.83. The second kappa shape index (κ2) is 9.04. The van der Waals surface area contributed by atoms with Crippen molar-refractivity contribution in [3.8, 4) is 0 Å². The minimum atomic E-state index is -3.83.